The van der Waals surface area contributed by atoms with E-state index in [9.17, 15) is 9.59 Å². The summed E-state index contributed by atoms with van der Waals surface area (Å²) in [5, 5.41) is 7.06. The van der Waals surface area contributed by atoms with Crippen molar-refractivity contribution in [1.82, 2.24) is 5.32 Å². The van der Waals surface area contributed by atoms with Crippen molar-refractivity contribution in [2.24, 2.45) is 11.1 Å². The molecular weight excluding hydrogens is 568 g/mol. The lowest BCUT2D eigenvalue weighted by molar-refractivity contribution is -0.118. The second kappa shape index (κ2) is 12.0. The minimum absolute atomic E-state index is 0.187. The first-order chi connectivity index (χ1) is 19.3. The normalized spacial score (nSPS) is 22.3. The first-order valence-corrected chi connectivity index (χ1v) is 13.9. The minimum Gasteiger partial charge on any atom is -0.495 e. The lowest BCUT2D eigenvalue weighted by Gasteiger charge is -2.40. The monoisotopic (exact) mass is 601 g/mol. The highest BCUT2D eigenvalue weighted by Gasteiger charge is 2.58. The Kier molecular flexibility index (Phi) is 8.99. The first kappa shape index (κ1) is 30.8. The molecule has 0 aliphatic carbocycles. The topological polar surface area (TPSA) is 103 Å². The molecule has 218 valence electrons. The van der Waals surface area contributed by atoms with Gasteiger partial charge in [0.15, 0.2) is 0 Å². The Morgan fingerprint density at radius 1 is 1.07 bits per heavy atom. The minimum atomic E-state index is -1.42. The van der Waals surface area contributed by atoms with Crippen LogP contribution in [0.3, 0.4) is 0 Å². The number of methoxy groups -OCH3 is 2. The molecule has 1 aliphatic rings. The fourth-order valence-electron chi connectivity index (χ4n) is 5.61. The maximum atomic E-state index is 15.6. The molecule has 1 fully saturated rings. The van der Waals surface area contributed by atoms with Crippen LogP contribution < -0.4 is 21.1 Å². The van der Waals surface area contributed by atoms with Crippen molar-refractivity contribution < 1.29 is 23.5 Å². The number of rotatable bonds is 7. The number of halogens is 3. The highest BCUT2D eigenvalue weighted by atomic mass is 35.5. The molecule has 0 spiro atoms. The zero-order valence-corrected chi connectivity index (χ0v) is 25.1. The van der Waals surface area contributed by atoms with Gasteiger partial charge in [-0.2, -0.15) is 0 Å². The molecule has 4 rings (SSSR count). The molecule has 4 N–H and O–H groups in total. The molecule has 3 aromatic carbocycles. The van der Waals surface area contributed by atoms with Crippen molar-refractivity contribution in [2.75, 3.05) is 19.5 Å². The van der Waals surface area contributed by atoms with Gasteiger partial charge in [0.05, 0.1) is 37.1 Å². The molecule has 0 bridgehead atoms. The Hall–Kier alpha value is -3.17. The number of carbonyl (C=O) groups excluding carboxylic acids is 2. The van der Waals surface area contributed by atoms with Crippen LogP contribution in [-0.2, 0) is 15.1 Å². The van der Waals surface area contributed by atoms with E-state index in [4.69, 9.17) is 38.4 Å². The summed E-state index contributed by atoms with van der Waals surface area (Å²) in [5.41, 5.74) is 7.03. The fraction of sp³-hybridized carbons (Fsp3) is 0.355. The molecule has 1 amide bonds. The smallest absolute Gasteiger partial charge is 0.337 e. The van der Waals surface area contributed by atoms with E-state index in [0.29, 0.717) is 27.7 Å². The van der Waals surface area contributed by atoms with E-state index >= 15 is 4.39 Å². The molecule has 1 saturated heterocycles. The van der Waals surface area contributed by atoms with Crippen LogP contribution in [0.4, 0.5) is 10.1 Å². The quantitative estimate of drug-likeness (QED) is 0.275. The third-order valence-corrected chi connectivity index (χ3v) is 8.00. The zero-order chi connectivity index (χ0) is 30.1. The molecule has 0 unspecified atom stereocenters. The summed E-state index contributed by atoms with van der Waals surface area (Å²) >= 11 is 13.1. The van der Waals surface area contributed by atoms with Gasteiger partial charge < -0.3 is 25.8 Å². The molecule has 3 aromatic rings. The first-order valence-electron chi connectivity index (χ1n) is 13.1. The maximum Gasteiger partial charge on any atom is 0.337 e. The Balaban J connectivity index is 1.86. The number of nitrogens with one attached hydrogen (secondary N) is 2. The molecule has 4 atom stereocenters. The highest BCUT2D eigenvalue weighted by Crippen LogP contribution is 2.50. The van der Waals surface area contributed by atoms with Crippen LogP contribution in [0.5, 0.6) is 5.75 Å². The lowest BCUT2D eigenvalue weighted by Crippen LogP contribution is -2.52. The van der Waals surface area contributed by atoms with Crippen molar-refractivity contribution in [2.45, 2.75) is 50.7 Å². The van der Waals surface area contributed by atoms with Gasteiger partial charge >= 0.3 is 5.97 Å². The Labute approximate surface area is 249 Å². The summed E-state index contributed by atoms with van der Waals surface area (Å²) in [4.78, 5) is 26.1. The molecule has 41 heavy (non-hydrogen) atoms. The maximum absolute atomic E-state index is 15.6. The van der Waals surface area contributed by atoms with Crippen molar-refractivity contribution >= 4 is 40.8 Å². The predicted octanol–water partition coefficient (Wildman–Crippen LogP) is 6.28. The van der Waals surface area contributed by atoms with Crippen LogP contribution in [0.1, 0.15) is 54.6 Å². The number of hydrogen-bond donors (Lipinski definition) is 3. The lowest BCUT2D eigenvalue weighted by atomic mass is 9.68. The number of hydrogen-bond acceptors (Lipinski definition) is 6. The van der Waals surface area contributed by atoms with Gasteiger partial charge in [-0.3, -0.25) is 4.79 Å². The van der Waals surface area contributed by atoms with Crippen LogP contribution in [0.25, 0.3) is 0 Å². The van der Waals surface area contributed by atoms with Gasteiger partial charge in [-0.05, 0) is 59.9 Å². The Morgan fingerprint density at radius 2 is 1.78 bits per heavy atom. The Morgan fingerprint density at radius 3 is 2.41 bits per heavy atom. The van der Waals surface area contributed by atoms with Crippen molar-refractivity contribution in [1.29, 1.82) is 0 Å². The van der Waals surface area contributed by atoms with Gasteiger partial charge in [0.25, 0.3) is 0 Å². The average molecular weight is 603 g/mol. The molecule has 0 radical (unpaired) electrons. The third-order valence-electron chi connectivity index (χ3n) is 7.42. The summed E-state index contributed by atoms with van der Waals surface area (Å²) in [6.45, 7) is 6.15. The van der Waals surface area contributed by atoms with E-state index in [1.807, 2.05) is 0 Å². The van der Waals surface area contributed by atoms with Crippen LogP contribution in [0.15, 0.2) is 60.7 Å². The van der Waals surface area contributed by atoms with Gasteiger partial charge in [-0.1, -0.05) is 62.2 Å². The highest BCUT2D eigenvalue weighted by molar-refractivity contribution is 6.31. The molecule has 0 aromatic heterocycles. The number of amides is 1. The fourth-order valence-corrected chi connectivity index (χ4v) is 6.03. The van der Waals surface area contributed by atoms with Gasteiger partial charge in [-0.15, -0.1) is 0 Å². The molecule has 10 heteroatoms. The van der Waals surface area contributed by atoms with Crippen LogP contribution in [0, 0.1) is 11.2 Å². The van der Waals surface area contributed by atoms with Crippen LogP contribution in [0.2, 0.25) is 10.0 Å². The average Bonchev–Trinajstić information content (AvgIpc) is 3.21. The third kappa shape index (κ3) is 6.21. The van der Waals surface area contributed by atoms with E-state index in [2.05, 4.69) is 31.4 Å². The zero-order valence-electron chi connectivity index (χ0n) is 23.6. The number of nitrogens with two attached hydrogens (primary N) is 1. The standard InChI is InChI=1S/C31H34Cl2FN3O4/c1-30(2,3)16-25-31(35,20-15-18(32)11-12-22(20)34)26(19-8-6-7-9-21(19)33)27(37-25)28(38)36-23-13-10-17(29(39)41-5)14-24(23)40-4/h6-15,25-27,37H,16,35H2,1-5H3,(H,36,38)/t25-,26-,27+,31+/m0/s1. The second-order valence-corrected chi connectivity index (χ2v) is 12.3. The van der Waals surface area contributed by atoms with E-state index < -0.39 is 41.2 Å². The van der Waals surface area contributed by atoms with E-state index in [1.165, 1.54) is 44.6 Å². The van der Waals surface area contributed by atoms with Gasteiger partial charge in [0.1, 0.15) is 11.6 Å². The van der Waals surface area contributed by atoms with Crippen molar-refractivity contribution in [3.8, 4) is 5.75 Å². The molecule has 7 nitrogen and oxygen atoms in total. The predicted molar refractivity (Wildman–Crippen MR) is 159 cm³/mol. The summed E-state index contributed by atoms with van der Waals surface area (Å²) in [7, 11) is 2.71. The number of esters is 1. The summed E-state index contributed by atoms with van der Waals surface area (Å²) < 4.78 is 25.9. The second-order valence-electron chi connectivity index (χ2n) is 11.4. The van der Waals surface area contributed by atoms with Gasteiger partial charge in [0.2, 0.25) is 5.91 Å². The van der Waals surface area contributed by atoms with Gasteiger partial charge in [0, 0.05) is 27.6 Å². The number of ether oxygens (including phenoxy) is 2. The van der Waals surface area contributed by atoms with Crippen LogP contribution >= 0.6 is 23.2 Å². The number of anilines is 1. The van der Waals surface area contributed by atoms with Crippen molar-refractivity contribution in [3.63, 3.8) is 0 Å². The van der Waals surface area contributed by atoms with Crippen LogP contribution in [-0.4, -0.2) is 38.2 Å². The Bertz CT molecular complexity index is 1460. The van der Waals surface area contributed by atoms with E-state index in [-0.39, 0.29) is 22.3 Å². The molecule has 0 saturated carbocycles. The summed E-state index contributed by atoms with van der Waals surface area (Å²) in [6, 6.07) is 14.4. The summed E-state index contributed by atoms with van der Waals surface area (Å²) in [6.07, 6.45) is 0.511. The molecule has 1 aliphatic heterocycles. The van der Waals surface area contributed by atoms with E-state index in [0.717, 1.165) is 0 Å². The summed E-state index contributed by atoms with van der Waals surface area (Å²) in [5.74, 6) is -2.04. The number of carbonyl (C=O) groups is 2. The van der Waals surface area contributed by atoms with Gasteiger partial charge in [-0.25, -0.2) is 9.18 Å². The molecular formula is C31H34Cl2FN3O4. The number of benzene rings is 3. The van der Waals surface area contributed by atoms with Crippen molar-refractivity contribution in [3.05, 3.63) is 93.2 Å². The van der Waals surface area contributed by atoms with E-state index in [1.54, 1.807) is 30.3 Å². The molecule has 1 heterocycles. The SMILES string of the molecule is COC(=O)c1ccc(NC(=O)[C@@H]2N[C@@H](CC(C)(C)C)[C@](N)(c3cc(Cl)ccc3F)[C@H]2c2ccccc2Cl)c(OC)c1. The largest absolute Gasteiger partial charge is 0.495 e.